The topological polar surface area (TPSA) is 122 Å². The molecule has 0 fully saturated rings. The van der Waals surface area contributed by atoms with Gasteiger partial charge in [-0.1, -0.05) is 0 Å². The quantitative estimate of drug-likeness (QED) is 0.652. The molecule has 8 heteroatoms. The van der Waals surface area contributed by atoms with Crippen LogP contribution < -0.4 is 11.1 Å². The summed E-state index contributed by atoms with van der Waals surface area (Å²) in [6.45, 7) is 0. The first-order chi connectivity index (χ1) is 8.91. The molecular formula is C11H12FN3O4. The van der Waals surface area contributed by atoms with Crippen LogP contribution in [0.5, 0.6) is 0 Å². The van der Waals surface area contributed by atoms with Crippen molar-refractivity contribution in [2.24, 2.45) is 5.73 Å². The van der Waals surface area contributed by atoms with Gasteiger partial charge in [0.2, 0.25) is 5.91 Å². The van der Waals surface area contributed by atoms with E-state index in [1.165, 1.54) is 6.20 Å². The Hall–Kier alpha value is -2.51. The van der Waals surface area contributed by atoms with Gasteiger partial charge in [0.1, 0.15) is 6.04 Å². The number of halogens is 1. The van der Waals surface area contributed by atoms with Crippen molar-refractivity contribution in [3.63, 3.8) is 0 Å². The number of carbonyl (C=O) groups is 3. The fraction of sp³-hybridized carbons (Fsp3) is 0.273. The second-order valence-corrected chi connectivity index (χ2v) is 3.72. The second-order valence-electron chi connectivity index (χ2n) is 3.72. The van der Waals surface area contributed by atoms with Crippen molar-refractivity contribution >= 4 is 17.8 Å². The van der Waals surface area contributed by atoms with Gasteiger partial charge in [-0.3, -0.25) is 14.6 Å². The van der Waals surface area contributed by atoms with Crippen LogP contribution in [0.3, 0.4) is 0 Å². The number of pyridine rings is 1. The minimum absolute atomic E-state index is 0.164. The number of amides is 2. The lowest BCUT2D eigenvalue weighted by Gasteiger charge is -2.13. The third-order valence-corrected chi connectivity index (χ3v) is 2.30. The van der Waals surface area contributed by atoms with Crippen LogP contribution in [0.25, 0.3) is 0 Å². The minimum atomic E-state index is -1.33. The molecule has 0 radical (unpaired) electrons. The zero-order chi connectivity index (χ0) is 14.4. The molecular weight excluding hydrogens is 257 g/mol. The number of carboxylic acids is 1. The number of nitrogens with zero attached hydrogens (tertiary/aromatic N) is 1. The zero-order valence-electron chi connectivity index (χ0n) is 9.80. The molecule has 1 aromatic heterocycles. The van der Waals surface area contributed by atoms with Gasteiger partial charge >= 0.3 is 5.97 Å². The molecule has 0 saturated carbocycles. The lowest BCUT2D eigenvalue weighted by atomic mass is 10.1. The first-order valence-electron chi connectivity index (χ1n) is 5.33. The molecule has 0 saturated heterocycles. The van der Waals surface area contributed by atoms with Gasteiger partial charge in [-0.2, -0.15) is 0 Å². The summed E-state index contributed by atoms with van der Waals surface area (Å²) >= 11 is 0. The smallest absolute Gasteiger partial charge is 0.326 e. The fourth-order valence-corrected chi connectivity index (χ4v) is 1.34. The van der Waals surface area contributed by atoms with E-state index in [1.807, 2.05) is 0 Å². The summed E-state index contributed by atoms with van der Waals surface area (Å²) in [5.74, 6) is -3.77. The van der Waals surface area contributed by atoms with Crippen molar-refractivity contribution in [2.75, 3.05) is 0 Å². The average Bonchev–Trinajstić information content (AvgIpc) is 2.34. The van der Waals surface area contributed by atoms with Crippen molar-refractivity contribution in [1.82, 2.24) is 10.3 Å². The van der Waals surface area contributed by atoms with Gasteiger partial charge in [0.05, 0.1) is 11.8 Å². The number of hydrogen-bond donors (Lipinski definition) is 3. The fourth-order valence-electron chi connectivity index (χ4n) is 1.34. The Morgan fingerprint density at radius 1 is 1.47 bits per heavy atom. The van der Waals surface area contributed by atoms with Crippen molar-refractivity contribution < 1.29 is 23.9 Å². The van der Waals surface area contributed by atoms with Crippen molar-refractivity contribution in [3.05, 3.63) is 29.8 Å². The SMILES string of the molecule is NC(=O)CC[C@@H](NC(=O)c1ccncc1F)C(=O)O. The summed E-state index contributed by atoms with van der Waals surface area (Å²) in [6.07, 6.45) is 1.68. The van der Waals surface area contributed by atoms with E-state index in [1.54, 1.807) is 0 Å². The Balaban J connectivity index is 2.74. The summed E-state index contributed by atoms with van der Waals surface area (Å²) < 4.78 is 13.3. The summed E-state index contributed by atoms with van der Waals surface area (Å²) in [6, 6.07) is -0.190. The van der Waals surface area contributed by atoms with Crippen LogP contribution in [0.15, 0.2) is 18.5 Å². The van der Waals surface area contributed by atoms with Gasteiger partial charge < -0.3 is 16.2 Å². The molecule has 7 nitrogen and oxygen atoms in total. The van der Waals surface area contributed by atoms with E-state index in [4.69, 9.17) is 10.8 Å². The molecule has 2 amide bonds. The summed E-state index contributed by atoms with van der Waals surface area (Å²) in [5, 5.41) is 11.0. The highest BCUT2D eigenvalue weighted by molar-refractivity contribution is 5.96. The second kappa shape index (κ2) is 6.43. The highest BCUT2D eigenvalue weighted by atomic mass is 19.1. The van der Waals surface area contributed by atoms with E-state index in [0.717, 1.165) is 12.3 Å². The monoisotopic (exact) mass is 269 g/mol. The molecule has 0 unspecified atom stereocenters. The number of carbonyl (C=O) groups excluding carboxylic acids is 2. The predicted molar refractivity (Wildman–Crippen MR) is 61.5 cm³/mol. The van der Waals surface area contributed by atoms with Crippen molar-refractivity contribution in [2.45, 2.75) is 18.9 Å². The number of rotatable bonds is 6. The number of carboxylic acid groups (broad SMARTS) is 1. The van der Waals surface area contributed by atoms with E-state index in [2.05, 4.69) is 10.3 Å². The molecule has 1 atom stereocenters. The van der Waals surface area contributed by atoms with Gasteiger partial charge in [0.25, 0.3) is 5.91 Å². The summed E-state index contributed by atoms with van der Waals surface area (Å²) in [7, 11) is 0. The Bertz CT molecular complexity index is 506. The Labute approximate surface area is 107 Å². The molecule has 1 heterocycles. The molecule has 1 aromatic rings. The zero-order valence-corrected chi connectivity index (χ0v) is 9.80. The molecule has 0 bridgehead atoms. The predicted octanol–water partition coefficient (Wildman–Crippen LogP) is -0.331. The van der Waals surface area contributed by atoms with Crippen molar-refractivity contribution in [3.8, 4) is 0 Å². The molecule has 0 aliphatic heterocycles. The van der Waals surface area contributed by atoms with Crippen LogP contribution in [-0.4, -0.2) is 33.9 Å². The highest BCUT2D eigenvalue weighted by Gasteiger charge is 2.22. The molecule has 1 rings (SSSR count). The molecule has 4 N–H and O–H groups in total. The van der Waals surface area contributed by atoms with Crippen LogP contribution in [0.1, 0.15) is 23.2 Å². The van der Waals surface area contributed by atoms with E-state index in [0.29, 0.717) is 0 Å². The minimum Gasteiger partial charge on any atom is -0.480 e. The molecule has 0 aliphatic rings. The largest absolute Gasteiger partial charge is 0.480 e. The van der Waals surface area contributed by atoms with Gasteiger partial charge in [-0.15, -0.1) is 0 Å². The van der Waals surface area contributed by atoms with Crippen LogP contribution in [0.4, 0.5) is 4.39 Å². The number of nitrogens with two attached hydrogens (primary N) is 1. The van der Waals surface area contributed by atoms with Gasteiger partial charge in [-0.25, -0.2) is 9.18 Å². The lowest BCUT2D eigenvalue weighted by molar-refractivity contribution is -0.139. The third kappa shape index (κ3) is 4.34. The Morgan fingerprint density at radius 2 is 2.16 bits per heavy atom. The number of hydrogen-bond acceptors (Lipinski definition) is 4. The van der Waals surface area contributed by atoms with Crippen LogP contribution in [0.2, 0.25) is 0 Å². The Morgan fingerprint density at radius 3 is 2.68 bits per heavy atom. The van der Waals surface area contributed by atoms with Crippen molar-refractivity contribution in [1.29, 1.82) is 0 Å². The maximum Gasteiger partial charge on any atom is 0.326 e. The number of primary amides is 1. The molecule has 0 aliphatic carbocycles. The normalized spacial score (nSPS) is 11.6. The highest BCUT2D eigenvalue weighted by Crippen LogP contribution is 2.06. The molecule has 102 valence electrons. The van der Waals surface area contributed by atoms with Gasteiger partial charge in [-0.05, 0) is 12.5 Å². The first kappa shape index (κ1) is 14.6. The molecule has 0 aromatic carbocycles. The first-order valence-corrected chi connectivity index (χ1v) is 5.33. The third-order valence-electron chi connectivity index (χ3n) is 2.30. The van der Waals surface area contributed by atoms with E-state index >= 15 is 0 Å². The number of aliphatic carboxylic acids is 1. The summed E-state index contributed by atoms with van der Waals surface area (Å²) in [5.41, 5.74) is 4.57. The summed E-state index contributed by atoms with van der Waals surface area (Å²) in [4.78, 5) is 36.6. The maximum atomic E-state index is 13.3. The van der Waals surface area contributed by atoms with Crippen LogP contribution in [0, 0.1) is 5.82 Å². The van der Waals surface area contributed by atoms with E-state index in [-0.39, 0.29) is 18.4 Å². The number of nitrogens with one attached hydrogen (secondary N) is 1. The Kier molecular flexibility index (Phi) is 4.92. The average molecular weight is 269 g/mol. The molecule has 0 spiro atoms. The van der Waals surface area contributed by atoms with Crippen LogP contribution in [-0.2, 0) is 9.59 Å². The lowest BCUT2D eigenvalue weighted by Crippen LogP contribution is -2.41. The molecule has 19 heavy (non-hydrogen) atoms. The van der Waals surface area contributed by atoms with Crippen LogP contribution >= 0.6 is 0 Å². The maximum absolute atomic E-state index is 13.3. The standard InChI is InChI=1S/C11H12FN3O4/c12-7-5-14-4-3-6(7)10(17)15-8(11(18)19)1-2-9(13)16/h3-5,8H,1-2H2,(H2,13,16)(H,15,17)(H,18,19)/t8-/m1/s1. The number of aromatic nitrogens is 1. The van der Waals surface area contributed by atoms with E-state index < -0.39 is 29.6 Å². The van der Waals surface area contributed by atoms with Gasteiger partial charge in [0, 0.05) is 12.6 Å². The van der Waals surface area contributed by atoms with E-state index in [9.17, 15) is 18.8 Å². The van der Waals surface area contributed by atoms with Gasteiger partial charge in [0.15, 0.2) is 5.82 Å².